The van der Waals surface area contributed by atoms with Gasteiger partial charge in [-0.2, -0.15) is 0 Å². The quantitative estimate of drug-likeness (QED) is 0.757. The number of aromatic hydroxyl groups is 1. The number of hydrogen-bond acceptors (Lipinski definition) is 3. The topological polar surface area (TPSA) is 86.6 Å². The molecule has 0 aliphatic rings. The summed E-state index contributed by atoms with van der Waals surface area (Å²) >= 11 is 0. The minimum absolute atomic E-state index is 0.241. The lowest BCUT2D eigenvalue weighted by molar-refractivity contribution is 0.0693. The van der Waals surface area contributed by atoms with Crippen molar-refractivity contribution in [2.45, 2.75) is 13.8 Å². The lowest BCUT2D eigenvalue weighted by Gasteiger charge is -2.10. The Hall–Kier alpha value is -2.82. The molecule has 2 rings (SSSR count). The van der Waals surface area contributed by atoms with E-state index in [0.29, 0.717) is 16.8 Å². The fourth-order valence-electron chi connectivity index (χ4n) is 2.00. The highest BCUT2D eigenvalue weighted by molar-refractivity contribution is 6.05. The summed E-state index contributed by atoms with van der Waals surface area (Å²) in [6.45, 7) is 3.45. The second kappa shape index (κ2) is 5.66. The van der Waals surface area contributed by atoms with Crippen LogP contribution in [0.3, 0.4) is 0 Å². The molecule has 0 saturated heterocycles. The van der Waals surface area contributed by atoms with E-state index >= 15 is 0 Å². The van der Waals surface area contributed by atoms with E-state index < -0.39 is 5.97 Å². The van der Waals surface area contributed by atoms with Gasteiger partial charge in [-0.05, 0) is 43.7 Å². The zero-order valence-electron chi connectivity index (χ0n) is 11.7. The molecular weight excluding hydrogens is 270 g/mol. The van der Waals surface area contributed by atoms with Crippen molar-refractivity contribution in [3.8, 4) is 5.75 Å². The summed E-state index contributed by atoms with van der Waals surface area (Å²) < 4.78 is 0. The van der Waals surface area contributed by atoms with E-state index in [-0.39, 0.29) is 17.2 Å². The summed E-state index contributed by atoms with van der Waals surface area (Å²) in [6, 6.07) is 9.82. The first-order valence-electron chi connectivity index (χ1n) is 6.33. The van der Waals surface area contributed by atoms with Crippen LogP contribution in [-0.4, -0.2) is 22.1 Å². The highest BCUT2D eigenvalue weighted by Crippen LogP contribution is 2.26. The lowest BCUT2D eigenvalue weighted by Crippen LogP contribution is -2.13. The predicted molar refractivity (Wildman–Crippen MR) is 78.9 cm³/mol. The molecule has 0 fully saturated rings. The Morgan fingerprint density at radius 2 is 1.81 bits per heavy atom. The highest BCUT2D eigenvalue weighted by atomic mass is 16.4. The highest BCUT2D eigenvalue weighted by Gasteiger charge is 2.15. The minimum atomic E-state index is -1.25. The molecule has 5 nitrogen and oxygen atoms in total. The number of anilines is 1. The molecule has 108 valence electrons. The first-order valence-corrected chi connectivity index (χ1v) is 6.33. The second-order valence-corrected chi connectivity index (χ2v) is 4.82. The van der Waals surface area contributed by atoms with Gasteiger partial charge in [0.2, 0.25) is 0 Å². The molecule has 0 aliphatic carbocycles. The Balaban J connectivity index is 2.32. The number of carbonyl (C=O) groups excluding carboxylic acids is 1. The predicted octanol–water partition coefficient (Wildman–Crippen LogP) is 2.96. The van der Waals surface area contributed by atoms with Gasteiger partial charge in [0.1, 0.15) is 11.3 Å². The molecule has 0 aromatic heterocycles. The van der Waals surface area contributed by atoms with Gasteiger partial charge >= 0.3 is 5.97 Å². The molecule has 0 atom stereocenters. The molecule has 0 aliphatic heterocycles. The lowest BCUT2D eigenvalue weighted by atomic mass is 10.1. The minimum Gasteiger partial charge on any atom is -0.507 e. The maximum Gasteiger partial charge on any atom is 0.339 e. The van der Waals surface area contributed by atoms with E-state index in [9.17, 15) is 14.7 Å². The van der Waals surface area contributed by atoms with E-state index in [1.54, 1.807) is 25.1 Å². The normalized spacial score (nSPS) is 10.2. The molecule has 0 spiro atoms. The molecule has 1 amide bonds. The molecular formula is C16H15NO4. The summed E-state index contributed by atoms with van der Waals surface area (Å²) in [5.74, 6) is -1.88. The van der Waals surface area contributed by atoms with Crippen molar-refractivity contribution in [2.24, 2.45) is 0 Å². The summed E-state index contributed by atoms with van der Waals surface area (Å²) in [4.78, 5) is 23.2. The van der Waals surface area contributed by atoms with Crippen molar-refractivity contribution in [2.75, 3.05) is 5.32 Å². The van der Waals surface area contributed by atoms with Crippen molar-refractivity contribution in [1.82, 2.24) is 0 Å². The molecule has 0 bridgehead atoms. The monoisotopic (exact) mass is 285 g/mol. The first kappa shape index (κ1) is 14.6. The molecule has 0 heterocycles. The van der Waals surface area contributed by atoms with Gasteiger partial charge in [0.25, 0.3) is 5.91 Å². The van der Waals surface area contributed by atoms with Crippen LogP contribution in [0.1, 0.15) is 31.8 Å². The van der Waals surface area contributed by atoms with E-state index in [1.807, 2.05) is 13.0 Å². The van der Waals surface area contributed by atoms with Gasteiger partial charge in [0.05, 0.1) is 0 Å². The van der Waals surface area contributed by atoms with E-state index in [2.05, 4.69) is 5.32 Å². The SMILES string of the molecule is Cc1cccc(C(=O)Nc2cc(C)c(O)c(C(=O)O)c2)c1. The van der Waals surface area contributed by atoms with Crippen LogP contribution in [0.4, 0.5) is 5.69 Å². The van der Waals surface area contributed by atoms with E-state index in [0.717, 1.165) is 5.56 Å². The van der Waals surface area contributed by atoms with Crippen LogP contribution < -0.4 is 5.32 Å². The second-order valence-electron chi connectivity index (χ2n) is 4.82. The average Bonchev–Trinajstić information content (AvgIpc) is 2.42. The molecule has 2 aromatic rings. The summed E-state index contributed by atoms with van der Waals surface area (Å²) in [5.41, 5.74) is 1.91. The summed E-state index contributed by atoms with van der Waals surface area (Å²) in [7, 11) is 0. The van der Waals surface area contributed by atoms with E-state index in [4.69, 9.17) is 5.11 Å². The Labute approximate surface area is 121 Å². The van der Waals surface area contributed by atoms with Crippen molar-refractivity contribution < 1.29 is 19.8 Å². The number of amides is 1. The van der Waals surface area contributed by atoms with Gasteiger partial charge in [-0.3, -0.25) is 4.79 Å². The maximum absolute atomic E-state index is 12.1. The van der Waals surface area contributed by atoms with Crippen LogP contribution >= 0.6 is 0 Å². The van der Waals surface area contributed by atoms with Gasteiger partial charge in [-0.25, -0.2) is 4.79 Å². The Kier molecular flexibility index (Phi) is 3.93. The number of aryl methyl sites for hydroxylation is 2. The van der Waals surface area contributed by atoms with Crippen molar-refractivity contribution in [3.63, 3.8) is 0 Å². The molecule has 5 heteroatoms. The van der Waals surface area contributed by atoms with Gasteiger partial charge < -0.3 is 15.5 Å². The summed E-state index contributed by atoms with van der Waals surface area (Å²) in [6.07, 6.45) is 0. The zero-order valence-corrected chi connectivity index (χ0v) is 11.7. The fraction of sp³-hybridized carbons (Fsp3) is 0.125. The Bertz CT molecular complexity index is 722. The van der Waals surface area contributed by atoms with Gasteiger partial charge in [-0.15, -0.1) is 0 Å². The number of aromatic carboxylic acids is 1. The zero-order chi connectivity index (χ0) is 15.6. The van der Waals surface area contributed by atoms with Crippen LogP contribution in [0.2, 0.25) is 0 Å². The molecule has 21 heavy (non-hydrogen) atoms. The van der Waals surface area contributed by atoms with Gasteiger partial charge in [0, 0.05) is 11.3 Å². The van der Waals surface area contributed by atoms with Crippen LogP contribution in [0.25, 0.3) is 0 Å². The van der Waals surface area contributed by atoms with Crippen molar-refractivity contribution >= 4 is 17.6 Å². The number of benzene rings is 2. The Morgan fingerprint density at radius 1 is 1.10 bits per heavy atom. The number of carboxylic acids is 1. The Morgan fingerprint density at radius 3 is 2.43 bits per heavy atom. The molecule has 0 saturated carbocycles. The standard InChI is InChI=1S/C16H15NO4/c1-9-4-3-5-11(6-9)15(19)17-12-7-10(2)14(18)13(8-12)16(20)21/h3-8,18H,1-2H3,(H,17,19)(H,20,21). The molecule has 0 unspecified atom stereocenters. The smallest absolute Gasteiger partial charge is 0.339 e. The average molecular weight is 285 g/mol. The molecule has 2 aromatic carbocycles. The molecule has 3 N–H and O–H groups in total. The third-order valence-corrected chi connectivity index (χ3v) is 3.07. The van der Waals surface area contributed by atoms with Crippen molar-refractivity contribution in [3.05, 3.63) is 58.7 Å². The van der Waals surface area contributed by atoms with E-state index in [1.165, 1.54) is 12.1 Å². The first-order chi connectivity index (χ1) is 9.88. The van der Waals surface area contributed by atoms with Gasteiger partial charge in [-0.1, -0.05) is 17.7 Å². The van der Waals surface area contributed by atoms with Crippen LogP contribution in [0, 0.1) is 13.8 Å². The number of rotatable bonds is 3. The number of carboxylic acid groups (broad SMARTS) is 1. The van der Waals surface area contributed by atoms with Crippen LogP contribution in [0.5, 0.6) is 5.75 Å². The van der Waals surface area contributed by atoms with Crippen LogP contribution in [-0.2, 0) is 0 Å². The summed E-state index contributed by atoms with van der Waals surface area (Å²) in [5, 5.41) is 21.4. The fourth-order valence-corrected chi connectivity index (χ4v) is 2.00. The third kappa shape index (κ3) is 3.20. The number of phenols is 1. The number of hydrogen-bond donors (Lipinski definition) is 3. The van der Waals surface area contributed by atoms with Gasteiger partial charge in [0.15, 0.2) is 0 Å². The third-order valence-electron chi connectivity index (χ3n) is 3.07. The van der Waals surface area contributed by atoms with Crippen LogP contribution in [0.15, 0.2) is 36.4 Å². The van der Waals surface area contributed by atoms with Crippen molar-refractivity contribution in [1.29, 1.82) is 0 Å². The number of nitrogens with one attached hydrogen (secondary N) is 1. The number of carbonyl (C=O) groups is 2. The largest absolute Gasteiger partial charge is 0.507 e. The molecule has 0 radical (unpaired) electrons. The maximum atomic E-state index is 12.1.